The van der Waals surface area contributed by atoms with Gasteiger partial charge in [0.15, 0.2) is 0 Å². The third kappa shape index (κ3) is 4.00. The van der Waals surface area contributed by atoms with E-state index in [0.29, 0.717) is 28.3 Å². The first-order valence-corrected chi connectivity index (χ1v) is 10.4. The summed E-state index contributed by atoms with van der Waals surface area (Å²) in [5.41, 5.74) is 1.59. The molecule has 1 unspecified atom stereocenters. The van der Waals surface area contributed by atoms with Crippen molar-refractivity contribution in [3.63, 3.8) is 0 Å². The van der Waals surface area contributed by atoms with Crippen molar-refractivity contribution in [2.45, 2.75) is 24.3 Å². The summed E-state index contributed by atoms with van der Waals surface area (Å²) in [6.45, 7) is 1.80. The molecule has 2 N–H and O–H groups in total. The van der Waals surface area contributed by atoms with E-state index in [1.165, 1.54) is 30.1 Å². The molecular formula is C22H17ClF3N3S. The van der Waals surface area contributed by atoms with Gasteiger partial charge >= 0.3 is 0 Å². The van der Waals surface area contributed by atoms with Crippen LogP contribution in [0.3, 0.4) is 0 Å². The van der Waals surface area contributed by atoms with Crippen molar-refractivity contribution in [2.75, 3.05) is 5.32 Å². The molecule has 1 aliphatic rings. The normalized spacial score (nSPS) is 15.3. The summed E-state index contributed by atoms with van der Waals surface area (Å²) < 4.78 is 46.3. The van der Waals surface area contributed by atoms with E-state index in [0.717, 1.165) is 4.90 Å². The van der Waals surface area contributed by atoms with Gasteiger partial charge < -0.3 is 5.32 Å². The standard InChI is InChI=1S/C22H17ClF3N3S/c1-12(14-6-2-3-8-16(14)24)19-17(25)9-10-18-21(19)28-22(29-30-18)27-11-13-5-4-7-15(23)20(13)26/h2-10,12H,11H2,1H3,(H2,27,28,29). The van der Waals surface area contributed by atoms with Crippen LogP contribution >= 0.6 is 23.5 Å². The monoisotopic (exact) mass is 447 g/mol. The van der Waals surface area contributed by atoms with Gasteiger partial charge in [0.05, 0.1) is 22.2 Å². The summed E-state index contributed by atoms with van der Waals surface area (Å²) in [5.74, 6) is -1.54. The summed E-state index contributed by atoms with van der Waals surface area (Å²) in [7, 11) is 0. The van der Waals surface area contributed by atoms with Crippen LogP contribution in [0.25, 0.3) is 0 Å². The van der Waals surface area contributed by atoms with Gasteiger partial charge in [-0.2, -0.15) is 0 Å². The molecule has 4 rings (SSSR count). The molecule has 1 aliphatic heterocycles. The molecular weight excluding hydrogens is 431 g/mol. The highest BCUT2D eigenvalue weighted by Crippen LogP contribution is 2.40. The van der Waals surface area contributed by atoms with Gasteiger partial charge in [0, 0.05) is 17.0 Å². The van der Waals surface area contributed by atoms with Crippen molar-refractivity contribution in [1.82, 2.24) is 4.72 Å². The molecule has 0 aliphatic carbocycles. The van der Waals surface area contributed by atoms with Crippen LogP contribution in [0.2, 0.25) is 5.02 Å². The lowest BCUT2D eigenvalue weighted by atomic mass is 9.91. The SMILES string of the molecule is CC(c1ccccc1F)c1c(F)ccc2c1NC(=NCc1cccc(Cl)c1F)NS2. The fourth-order valence-corrected chi connectivity index (χ4v) is 4.26. The predicted octanol–water partition coefficient (Wildman–Crippen LogP) is 6.49. The lowest BCUT2D eigenvalue weighted by Crippen LogP contribution is -2.30. The van der Waals surface area contributed by atoms with E-state index < -0.39 is 23.4 Å². The second kappa shape index (κ2) is 8.62. The van der Waals surface area contributed by atoms with Crippen LogP contribution in [0.15, 0.2) is 64.5 Å². The van der Waals surface area contributed by atoms with Crippen LogP contribution < -0.4 is 10.0 Å². The Bertz CT molecular complexity index is 1140. The molecule has 1 atom stereocenters. The maximum absolute atomic E-state index is 14.8. The van der Waals surface area contributed by atoms with Crippen LogP contribution in [-0.2, 0) is 6.54 Å². The predicted molar refractivity (Wildman–Crippen MR) is 115 cm³/mol. The zero-order valence-corrected chi connectivity index (χ0v) is 17.4. The van der Waals surface area contributed by atoms with Crippen molar-refractivity contribution >= 4 is 35.2 Å². The van der Waals surface area contributed by atoms with E-state index in [-0.39, 0.29) is 11.6 Å². The summed E-state index contributed by atoms with van der Waals surface area (Å²) in [5, 5.41) is 3.11. The van der Waals surface area contributed by atoms with Gasteiger partial charge in [0.2, 0.25) is 5.96 Å². The van der Waals surface area contributed by atoms with Crippen LogP contribution in [0.5, 0.6) is 0 Å². The van der Waals surface area contributed by atoms with Gasteiger partial charge in [-0.25, -0.2) is 18.2 Å². The van der Waals surface area contributed by atoms with Gasteiger partial charge in [0.25, 0.3) is 0 Å². The fraction of sp³-hybridized carbons (Fsp3) is 0.136. The zero-order valence-electron chi connectivity index (χ0n) is 15.8. The molecule has 0 radical (unpaired) electrons. The first-order chi connectivity index (χ1) is 14.5. The molecule has 0 bridgehead atoms. The highest BCUT2D eigenvalue weighted by molar-refractivity contribution is 7.98. The molecule has 0 saturated heterocycles. The number of halogens is 4. The number of rotatable bonds is 4. The Labute approximate surface area is 181 Å². The minimum absolute atomic E-state index is 0.0278. The largest absolute Gasteiger partial charge is 0.324 e. The number of guanidine groups is 1. The summed E-state index contributed by atoms with van der Waals surface area (Å²) in [6.07, 6.45) is 0. The molecule has 0 spiro atoms. The van der Waals surface area contributed by atoms with Crippen molar-refractivity contribution in [2.24, 2.45) is 4.99 Å². The number of nitrogens with zero attached hydrogens (tertiary/aromatic N) is 1. The Hall–Kier alpha value is -2.64. The highest BCUT2D eigenvalue weighted by atomic mass is 35.5. The number of aliphatic imine (C=N–C) groups is 1. The molecule has 3 aromatic rings. The van der Waals surface area contributed by atoms with Crippen molar-refractivity contribution < 1.29 is 13.2 Å². The van der Waals surface area contributed by atoms with E-state index in [1.807, 2.05) is 0 Å². The molecule has 30 heavy (non-hydrogen) atoms. The fourth-order valence-electron chi connectivity index (χ4n) is 3.35. The smallest absolute Gasteiger partial charge is 0.206 e. The second-order valence-corrected chi connectivity index (χ2v) is 8.04. The quantitative estimate of drug-likeness (QED) is 0.449. The number of fused-ring (bicyclic) bond motifs is 1. The van der Waals surface area contributed by atoms with Crippen LogP contribution in [0, 0.1) is 17.5 Å². The van der Waals surface area contributed by atoms with E-state index in [4.69, 9.17) is 11.6 Å². The first-order valence-electron chi connectivity index (χ1n) is 9.19. The Kier molecular flexibility index (Phi) is 5.92. The lowest BCUT2D eigenvalue weighted by molar-refractivity contribution is 0.581. The zero-order chi connectivity index (χ0) is 21.3. The van der Waals surface area contributed by atoms with Crippen LogP contribution in [0.4, 0.5) is 18.9 Å². The van der Waals surface area contributed by atoms with Gasteiger partial charge in [-0.3, -0.25) is 4.72 Å². The minimum atomic E-state index is -0.529. The minimum Gasteiger partial charge on any atom is -0.324 e. The van der Waals surface area contributed by atoms with Crippen LogP contribution in [-0.4, -0.2) is 5.96 Å². The highest BCUT2D eigenvalue weighted by Gasteiger charge is 2.26. The van der Waals surface area contributed by atoms with Crippen LogP contribution in [0.1, 0.15) is 29.5 Å². The van der Waals surface area contributed by atoms with Crippen molar-refractivity contribution in [3.8, 4) is 0 Å². The molecule has 0 amide bonds. The number of benzene rings is 3. The lowest BCUT2D eigenvalue weighted by Gasteiger charge is -2.26. The molecule has 0 aromatic heterocycles. The number of nitrogens with one attached hydrogen (secondary N) is 2. The third-order valence-electron chi connectivity index (χ3n) is 4.90. The van der Waals surface area contributed by atoms with Crippen molar-refractivity contribution in [3.05, 3.63) is 93.8 Å². The molecule has 154 valence electrons. The molecule has 0 saturated carbocycles. The average molecular weight is 448 g/mol. The Morgan fingerprint density at radius 1 is 1.00 bits per heavy atom. The maximum atomic E-state index is 14.8. The molecule has 0 fully saturated rings. The number of hydrogen-bond acceptors (Lipinski definition) is 2. The van der Waals surface area contributed by atoms with E-state index in [2.05, 4.69) is 15.0 Å². The van der Waals surface area contributed by atoms with Gasteiger partial charge in [0.1, 0.15) is 17.5 Å². The molecule has 8 heteroatoms. The molecule has 3 aromatic carbocycles. The maximum Gasteiger partial charge on any atom is 0.206 e. The van der Waals surface area contributed by atoms with E-state index in [1.54, 1.807) is 43.3 Å². The Balaban J connectivity index is 1.67. The van der Waals surface area contributed by atoms with E-state index in [9.17, 15) is 13.2 Å². The van der Waals surface area contributed by atoms with E-state index >= 15 is 0 Å². The van der Waals surface area contributed by atoms with Gasteiger partial charge in [-0.1, -0.05) is 48.9 Å². The first kappa shape index (κ1) is 20.6. The number of anilines is 1. The van der Waals surface area contributed by atoms with Crippen molar-refractivity contribution in [1.29, 1.82) is 0 Å². The summed E-state index contributed by atoms with van der Waals surface area (Å²) in [4.78, 5) is 5.11. The third-order valence-corrected chi connectivity index (χ3v) is 6.05. The molecule has 1 heterocycles. The Morgan fingerprint density at radius 2 is 1.80 bits per heavy atom. The number of hydrogen-bond donors (Lipinski definition) is 2. The molecule has 3 nitrogen and oxygen atoms in total. The average Bonchev–Trinajstić information content (AvgIpc) is 2.74. The summed E-state index contributed by atoms with van der Waals surface area (Å²) in [6, 6.07) is 14.0. The second-order valence-electron chi connectivity index (χ2n) is 6.78. The topological polar surface area (TPSA) is 36.4 Å². The van der Waals surface area contributed by atoms with Gasteiger partial charge in [-0.05, 0) is 41.8 Å². The Morgan fingerprint density at radius 3 is 2.60 bits per heavy atom. The summed E-state index contributed by atoms with van der Waals surface area (Å²) >= 11 is 7.07. The van der Waals surface area contributed by atoms with Gasteiger partial charge in [-0.15, -0.1) is 0 Å².